The number of ether oxygens (including phenoxy) is 1. The van der Waals surface area contributed by atoms with Gasteiger partial charge in [0, 0.05) is 11.5 Å². The van der Waals surface area contributed by atoms with Gasteiger partial charge in [-0.2, -0.15) is 0 Å². The Hall–Kier alpha value is -1.36. The minimum atomic E-state index is 0.592. The molecule has 0 unspecified atom stereocenters. The summed E-state index contributed by atoms with van der Waals surface area (Å²) in [5.41, 5.74) is 2.13. The molecule has 0 aliphatic heterocycles. The number of hydrogen-bond donors (Lipinski definition) is 0. The third-order valence-electron chi connectivity index (χ3n) is 2.30. The summed E-state index contributed by atoms with van der Waals surface area (Å²) in [6.07, 6.45) is 1.91. The SMILES string of the molecule is Cc1cccc(OCCn2cc(CBr)nn2)c1. The van der Waals surface area contributed by atoms with Gasteiger partial charge in [-0.25, -0.2) is 4.68 Å². The smallest absolute Gasteiger partial charge is 0.119 e. The van der Waals surface area contributed by atoms with Crippen molar-refractivity contribution in [2.45, 2.75) is 18.8 Å². The molecule has 0 amide bonds. The third-order valence-corrected chi connectivity index (χ3v) is 2.88. The molecule has 1 aromatic carbocycles. The minimum absolute atomic E-state index is 0.592. The van der Waals surface area contributed by atoms with Crippen LogP contribution in [0.3, 0.4) is 0 Å². The number of aromatic nitrogens is 3. The second kappa shape index (κ2) is 5.82. The highest BCUT2D eigenvalue weighted by molar-refractivity contribution is 9.08. The number of alkyl halides is 1. The molecule has 17 heavy (non-hydrogen) atoms. The highest BCUT2D eigenvalue weighted by atomic mass is 79.9. The zero-order valence-electron chi connectivity index (χ0n) is 9.64. The van der Waals surface area contributed by atoms with Crippen LogP contribution in [0, 0.1) is 6.92 Å². The van der Waals surface area contributed by atoms with Crippen LogP contribution in [0.2, 0.25) is 0 Å². The molecule has 4 nitrogen and oxygen atoms in total. The maximum Gasteiger partial charge on any atom is 0.119 e. The van der Waals surface area contributed by atoms with Gasteiger partial charge in [0.1, 0.15) is 12.4 Å². The number of halogens is 1. The van der Waals surface area contributed by atoms with E-state index in [4.69, 9.17) is 4.74 Å². The molecule has 2 aromatic rings. The Kier molecular flexibility index (Phi) is 4.14. The third kappa shape index (κ3) is 3.56. The summed E-state index contributed by atoms with van der Waals surface area (Å²) < 4.78 is 7.42. The van der Waals surface area contributed by atoms with Crippen LogP contribution in [-0.2, 0) is 11.9 Å². The van der Waals surface area contributed by atoms with Crippen LogP contribution in [0.1, 0.15) is 11.3 Å². The summed E-state index contributed by atoms with van der Waals surface area (Å²) in [5, 5.41) is 8.71. The second-order valence-corrected chi connectivity index (χ2v) is 4.33. The van der Waals surface area contributed by atoms with Gasteiger partial charge < -0.3 is 4.74 Å². The van der Waals surface area contributed by atoms with Gasteiger partial charge in [-0.15, -0.1) is 5.10 Å². The van der Waals surface area contributed by atoms with Gasteiger partial charge in [0.25, 0.3) is 0 Å². The molecular weight excluding hydrogens is 282 g/mol. The summed E-state index contributed by atoms with van der Waals surface area (Å²) in [6.45, 7) is 3.34. The fraction of sp³-hybridized carbons (Fsp3) is 0.333. The van der Waals surface area contributed by atoms with Crippen LogP contribution in [0.4, 0.5) is 0 Å². The van der Waals surface area contributed by atoms with Gasteiger partial charge in [0.2, 0.25) is 0 Å². The van der Waals surface area contributed by atoms with E-state index in [1.54, 1.807) is 4.68 Å². The fourth-order valence-corrected chi connectivity index (χ4v) is 1.73. The van der Waals surface area contributed by atoms with E-state index in [1.165, 1.54) is 5.56 Å². The van der Waals surface area contributed by atoms with Crippen LogP contribution in [0.25, 0.3) is 0 Å². The predicted octanol–water partition coefficient (Wildman–Crippen LogP) is 2.56. The number of aryl methyl sites for hydroxylation is 1. The van der Waals surface area contributed by atoms with Crippen molar-refractivity contribution in [3.05, 3.63) is 41.7 Å². The van der Waals surface area contributed by atoms with Crippen molar-refractivity contribution in [1.29, 1.82) is 0 Å². The van der Waals surface area contributed by atoms with Crippen molar-refractivity contribution >= 4 is 15.9 Å². The summed E-state index contributed by atoms with van der Waals surface area (Å²) >= 11 is 3.34. The summed E-state index contributed by atoms with van der Waals surface area (Å²) in [6, 6.07) is 8.01. The fourth-order valence-electron chi connectivity index (χ4n) is 1.47. The predicted molar refractivity (Wildman–Crippen MR) is 69.3 cm³/mol. The van der Waals surface area contributed by atoms with E-state index in [0.717, 1.165) is 16.8 Å². The van der Waals surface area contributed by atoms with Crippen molar-refractivity contribution in [3.63, 3.8) is 0 Å². The molecule has 0 bridgehead atoms. The lowest BCUT2D eigenvalue weighted by Crippen LogP contribution is -2.08. The van der Waals surface area contributed by atoms with Crippen LogP contribution >= 0.6 is 15.9 Å². The second-order valence-electron chi connectivity index (χ2n) is 3.77. The van der Waals surface area contributed by atoms with Crippen molar-refractivity contribution in [3.8, 4) is 5.75 Å². The summed E-state index contributed by atoms with van der Waals surface area (Å²) in [5.74, 6) is 0.894. The highest BCUT2D eigenvalue weighted by Gasteiger charge is 1.99. The Labute approximate surface area is 109 Å². The van der Waals surface area contributed by atoms with Crippen LogP contribution in [0.15, 0.2) is 30.5 Å². The minimum Gasteiger partial charge on any atom is -0.492 e. The van der Waals surface area contributed by atoms with E-state index >= 15 is 0 Å². The first-order chi connectivity index (χ1) is 8.28. The lowest BCUT2D eigenvalue weighted by atomic mass is 10.2. The Morgan fingerprint density at radius 1 is 1.41 bits per heavy atom. The summed E-state index contributed by atoms with van der Waals surface area (Å²) in [4.78, 5) is 0. The van der Waals surface area contributed by atoms with Crippen LogP contribution in [0.5, 0.6) is 5.75 Å². The van der Waals surface area contributed by atoms with Crippen molar-refractivity contribution in [2.24, 2.45) is 0 Å². The Morgan fingerprint density at radius 2 is 2.29 bits per heavy atom. The van der Waals surface area contributed by atoms with Gasteiger partial charge in [0.15, 0.2) is 0 Å². The summed E-state index contributed by atoms with van der Waals surface area (Å²) in [7, 11) is 0. The zero-order valence-corrected chi connectivity index (χ0v) is 11.2. The number of rotatable bonds is 5. The Bertz CT molecular complexity index is 484. The quantitative estimate of drug-likeness (QED) is 0.796. The molecular formula is C12H14BrN3O. The first-order valence-electron chi connectivity index (χ1n) is 5.42. The van der Waals surface area contributed by atoms with Gasteiger partial charge >= 0.3 is 0 Å². The van der Waals surface area contributed by atoms with E-state index in [9.17, 15) is 0 Å². The molecule has 0 atom stereocenters. The number of nitrogens with zero attached hydrogens (tertiary/aromatic N) is 3. The number of benzene rings is 1. The molecule has 0 radical (unpaired) electrons. The molecule has 0 saturated heterocycles. The van der Waals surface area contributed by atoms with Crippen molar-refractivity contribution < 1.29 is 4.74 Å². The molecule has 90 valence electrons. The van der Waals surface area contributed by atoms with Crippen LogP contribution < -0.4 is 4.74 Å². The van der Waals surface area contributed by atoms with Gasteiger partial charge in [-0.1, -0.05) is 33.3 Å². The molecule has 5 heteroatoms. The largest absolute Gasteiger partial charge is 0.492 e. The molecule has 0 aliphatic carbocycles. The molecule has 0 N–H and O–H groups in total. The van der Waals surface area contributed by atoms with Crippen molar-refractivity contribution in [2.75, 3.05) is 6.61 Å². The van der Waals surface area contributed by atoms with Gasteiger partial charge in [-0.05, 0) is 24.6 Å². The maximum atomic E-state index is 5.63. The zero-order chi connectivity index (χ0) is 12.1. The topological polar surface area (TPSA) is 39.9 Å². The highest BCUT2D eigenvalue weighted by Crippen LogP contribution is 2.12. The molecule has 0 spiro atoms. The molecule has 0 aliphatic rings. The first kappa shape index (κ1) is 12.1. The monoisotopic (exact) mass is 295 g/mol. The van der Waals surface area contributed by atoms with E-state index in [2.05, 4.69) is 26.2 Å². The molecule has 1 heterocycles. The van der Waals surface area contributed by atoms with E-state index in [1.807, 2.05) is 37.4 Å². The molecule has 2 rings (SSSR count). The normalized spacial score (nSPS) is 10.5. The van der Waals surface area contributed by atoms with E-state index in [-0.39, 0.29) is 0 Å². The van der Waals surface area contributed by atoms with Gasteiger partial charge in [0.05, 0.1) is 12.2 Å². The van der Waals surface area contributed by atoms with Crippen LogP contribution in [-0.4, -0.2) is 21.6 Å². The molecule has 0 saturated carbocycles. The first-order valence-corrected chi connectivity index (χ1v) is 6.54. The average molecular weight is 296 g/mol. The molecule has 0 fully saturated rings. The van der Waals surface area contributed by atoms with Crippen molar-refractivity contribution in [1.82, 2.24) is 15.0 Å². The van der Waals surface area contributed by atoms with Gasteiger partial charge in [-0.3, -0.25) is 0 Å². The maximum absolute atomic E-state index is 5.63. The Morgan fingerprint density at radius 3 is 3.00 bits per heavy atom. The average Bonchev–Trinajstić information content (AvgIpc) is 2.77. The van der Waals surface area contributed by atoms with E-state index < -0.39 is 0 Å². The Balaban J connectivity index is 1.83. The number of hydrogen-bond acceptors (Lipinski definition) is 3. The standard InChI is InChI=1S/C12H14BrN3O/c1-10-3-2-4-12(7-10)17-6-5-16-9-11(8-13)14-15-16/h2-4,7,9H,5-6,8H2,1H3. The lowest BCUT2D eigenvalue weighted by Gasteiger charge is -2.06. The lowest BCUT2D eigenvalue weighted by molar-refractivity contribution is 0.289. The molecule has 1 aromatic heterocycles. The van der Waals surface area contributed by atoms with E-state index in [0.29, 0.717) is 13.2 Å².